The van der Waals surface area contributed by atoms with E-state index < -0.39 is 0 Å². The Kier molecular flexibility index (Phi) is 3.40. The molecule has 0 fully saturated rings. The summed E-state index contributed by atoms with van der Waals surface area (Å²) in [5.41, 5.74) is 1.89. The Bertz CT molecular complexity index is 384. The molecule has 0 N–H and O–H groups in total. The standard InChI is InChI=1S/C13H18N2/c1-6-8-11-10(7-2)9-14-12(15-11)13(3,4)5/h6-9H,2H2,1,3-5H3/b8-6-. The number of nitrogens with zero attached hydrogens (tertiary/aromatic N) is 2. The van der Waals surface area contributed by atoms with E-state index in [1.807, 2.05) is 25.3 Å². The van der Waals surface area contributed by atoms with E-state index in [4.69, 9.17) is 0 Å². The maximum absolute atomic E-state index is 4.54. The van der Waals surface area contributed by atoms with E-state index >= 15 is 0 Å². The Morgan fingerprint density at radius 2 is 2.00 bits per heavy atom. The van der Waals surface area contributed by atoms with Crippen molar-refractivity contribution in [2.45, 2.75) is 33.1 Å². The molecule has 0 radical (unpaired) electrons. The first-order valence-electron chi connectivity index (χ1n) is 5.11. The lowest BCUT2D eigenvalue weighted by molar-refractivity contribution is 0.544. The first-order valence-corrected chi connectivity index (χ1v) is 5.11. The average Bonchev–Trinajstić information content (AvgIpc) is 2.17. The van der Waals surface area contributed by atoms with Gasteiger partial charge in [0.05, 0.1) is 5.69 Å². The molecular formula is C13H18N2. The van der Waals surface area contributed by atoms with Crippen LogP contribution in [0, 0.1) is 0 Å². The number of aromatic nitrogens is 2. The van der Waals surface area contributed by atoms with Crippen LogP contribution >= 0.6 is 0 Å². The van der Waals surface area contributed by atoms with Gasteiger partial charge in [0.2, 0.25) is 0 Å². The maximum Gasteiger partial charge on any atom is 0.134 e. The molecule has 0 aliphatic rings. The summed E-state index contributed by atoms with van der Waals surface area (Å²) in [7, 11) is 0. The van der Waals surface area contributed by atoms with Crippen LogP contribution in [0.5, 0.6) is 0 Å². The molecule has 80 valence electrons. The predicted molar refractivity (Wildman–Crippen MR) is 65.5 cm³/mol. The third-order valence-corrected chi connectivity index (χ3v) is 2.06. The first-order chi connectivity index (χ1) is 6.99. The van der Waals surface area contributed by atoms with Gasteiger partial charge in [-0.05, 0) is 13.0 Å². The Balaban J connectivity index is 3.28. The molecule has 2 heteroatoms. The van der Waals surface area contributed by atoms with Crippen molar-refractivity contribution in [3.05, 3.63) is 35.9 Å². The van der Waals surface area contributed by atoms with Crippen LogP contribution in [0.2, 0.25) is 0 Å². The monoisotopic (exact) mass is 202 g/mol. The second-order valence-corrected chi connectivity index (χ2v) is 4.49. The highest BCUT2D eigenvalue weighted by molar-refractivity contribution is 5.60. The summed E-state index contributed by atoms with van der Waals surface area (Å²) >= 11 is 0. The predicted octanol–water partition coefficient (Wildman–Crippen LogP) is 3.45. The van der Waals surface area contributed by atoms with E-state index in [1.54, 1.807) is 6.08 Å². The minimum atomic E-state index is -0.0178. The van der Waals surface area contributed by atoms with Gasteiger partial charge in [0.1, 0.15) is 5.82 Å². The Hall–Kier alpha value is -1.44. The summed E-state index contributed by atoms with van der Waals surface area (Å²) in [6.45, 7) is 12.0. The maximum atomic E-state index is 4.54. The van der Waals surface area contributed by atoms with Crippen molar-refractivity contribution < 1.29 is 0 Å². The Morgan fingerprint density at radius 3 is 2.47 bits per heavy atom. The van der Waals surface area contributed by atoms with Crippen LogP contribution in [0.4, 0.5) is 0 Å². The van der Waals surface area contributed by atoms with Crippen LogP contribution < -0.4 is 0 Å². The Morgan fingerprint density at radius 1 is 1.33 bits per heavy atom. The number of rotatable bonds is 2. The van der Waals surface area contributed by atoms with E-state index in [0.29, 0.717) is 0 Å². The van der Waals surface area contributed by atoms with Gasteiger partial charge in [-0.2, -0.15) is 0 Å². The normalized spacial score (nSPS) is 12.0. The van der Waals surface area contributed by atoms with Crippen molar-refractivity contribution in [3.8, 4) is 0 Å². The van der Waals surface area contributed by atoms with E-state index in [1.165, 1.54) is 0 Å². The molecule has 0 saturated heterocycles. The van der Waals surface area contributed by atoms with Gasteiger partial charge in [-0.3, -0.25) is 0 Å². The zero-order valence-corrected chi connectivity index (χ0v) is 9.91. The van der Waals surface area contributed by atoms with Crippen molar-refractivity contribution >= 4 is 12.2 Å². The molecule has 15 heavy (non-hydrogen) atoms. The molecule has 0 unspecified atom stereocenters. The molecule has 1 rings (SSSR count). The molecule has 0 atom stereocenters. The molecule has 2 nitrogen and oxygen atoms in total. The van der Waals surface area contributed by atoms with Crippen LogP contribution in [0.3, 0.4) is 0 Å². The summed E-state index contributed by atoms with van der Waals surface area (Å²) in [6, 6.07) is 0. The first kappa shape index (κ1) is 11.6. The Labute approximate surface area is 91.8 Å². The van der Waals surface area contributed by atoms with Gasteiger partial charge in [0, 0.05) is 17.2 Å². The highest BCUT2D eigenvalue weighted by Crippen LogP contribution is 2.20. The molecule has 0 amide bonds. The van der Waals surface area contributed by atoms with E-state index in [2.05, 4.69) is 37.3 Å². The van der Waals surface area contributed by atoms with Crippen molar-refractivity contribution in [1.29, 1.82) is 0 Å². The van der Waals surface area contributed by atoms with Crippen molar-refractivity contribution in [2.75, 3.05) is 0 Å². The van der Waals surface area contributed by atoms with Crippen molar-refractivity contribution in [2.24, 2.45) is 0 Å². The highest BCUT2D eigenvalue weighted by Gasteiger charge is 2.17. The van der Waals surface area contributed by atoms with Crippen LogP contribution in [-0.4, -0.2) is 9.97 Å². The topological polar surface area (TPSA) is 25.8 Å². The fraction of sp³-hybridized carbons (Fsp3) is 0.385. The fourth-order valence-electron chi connectivity index (χ4n) is 1.21. The quantitative estimate of drug-likeness (QED) is 0.734. The van der Waals surface area contributed by atoms with Gasteiger partial charge in [-0.15, -0.1) is 0 Å². The van der Waals surface area contributed by atoms with Gasteiger partial charge < -0.3 is 0 Å². The van der Waals surface area contributed by atoms with E-state index in [-0.39, 0.29) is 5.41 Å². The second-order valence-electron chi connectivity index (χ2n) is 4.49. The van der Waals surface area contributed by atoms with Crippen LogP contribution in [0.15, 0.2) is 18.9 Å². The summed E-state index contributed by atoms with van der Waals surface area (Å²) in [5.74, 6) is 0.862. The van der Waals surface area contributed by atoms with Gasteiger partial charge in [0.15, 0.2) is 0 Å². The van der Waals surface area contributed by atoms with Crippen molar-refractivity contribution in [3.63, 3.8) is 0 Å². The molecule has 0 spiro atoms. The molecule has 1 aromatic heterocycles. The average molecular weight is 202 g/mol. The minimum Gasteiger partial charge on any atom is -0.240 e. The van der Waals surface area contributed by atoms with Crippen LogP contribution in [0.25, 0.3) is 12.2 Å². The molecule has 0 bridgehead atoms. The van der Waals surface area contributed by atoms with Crippen LogP contribution in [-0.2, 0) is 5.41 Å². The minimum absolute atomic E-state index is 0.0178. The third-order valence-electron chi connectivity index (χ3n) is 2.06. The van der Waals surface area contributed by atoms with Gasteiger partial charge in [-0.25, -0.2) is 9.97 Å². The lowest BCUT2D eigenvalue weighted by Gasteiger charge is -2.17. The summed E-state index contributed by atoms with van der Waals surface area (Å²) in [5, 5.41) is 0. The second kappa shape index (κ2) is 4.39. The highest BCUT2D eigenvalue weighted by atomic mass is 14.9. The molecular weight excluding hydrogens is 184 g/mol. The van der Waals surface area contributed by atoms with Crippen LogP contribution in [0.1, 0.15) is 44.8 Å². The van der Waals surface area contributed by atoms with Crippen molar-refractivity contribution in [1.82, 2.24) is 9.97 Å². The summed E-state index contributed by atoms with van der Waals surface area (Å²) in [4.78, 5) is 8.88. The lowest BCUT2D eigenvalue weighted by atomic mass is 9.95. The summed E-state index contributed by atoms with van der Waals surface area (Å²) < 4.78 is 0. The lowest BCUT2D eigenvalue weighted by Crippen LogP contribution is -2.16. The molecule has 0 aliphatic carbocycles. The summed E-state index contributed by atoms with van der Waals surface area (Å²) in [6.07, 6.45) is 7.56. The third kappa shape index (κ3) is 2.75. The molecule has 1 heterocycles. The largest absolute Gasteiger partial charge is 0.240 e. The fourth-order valence-corrected chi connectivity index (χ4v) is 1.21. The van der Waals surface area contributed by atoms with Gasteiger partial charge >= 0.3 is 0 Å². The number of hydrogen-bond acceptors (Lipinski definition) is 2. The van der Waals surface area contributed by atoms with E-state index in [9.17, 15) is 0 Å². The number of hydrogen-bond donors (Lipinski definition) is 0. The SMILES string of the molecule is C=Cc1cnc(C(C)(C)C)nc1/C=C\C. The molecule has 0 saturated carbocycles. The number of allylic oxidation sites excluding steroid dienone is 1. The van der Waals surface area contributed by atoms with E-state index in [0.717, 1.165) is 17.1 Å². The smallest absolute Gasteiger partial charge is 0.134 e. The molecule has 0 aliphatic heterocycles. The van der Waals surface area contributed by atoms with Gasteiger partial charge in [0.25, 0.3) is 0 Å². The zero-order chi connectivity index (χ0) is 11.5. The molecule has 0 aromatic carbocycles. The van der Waals surface area contributed by atoms with Gasteiger partial charge in [-0.1, -0.05) is 39.5 Å². The zero-order valence-electron chi connectivity index (χ0n) is 9.91. The molecule has 1 aromatic rings.